The standard InChI is InChI=1S/C40H49BrClN3O8/c1-4-6-16-31(47)43-30(25-51-3)34(26-14-10-9-11-15-26)52-39(50)32-33-37(48)45(22-12-7-8-13-23-46)36(40(33)24-29(41)35(32)53-40)38(49)44(21-5-2)28-19-17-27(42)18-20-28/h4-5,9-11,14-15,17-20,29-30,32-36,46H,1-2,6-8,12-13,16,21-25H2,3H3,(H,43,47)/t29?,30-,32-,33+,34-,35-,36-,40+/m0/s1. The Kier molecular flexibility index (Phi) is 14.3. The number of ether oxygens (including phenoxy) is 3. The molecule has 53 heavy (non-hydrogen) atoms. The van der Waals surface area contributed by atoms with Gasteiger partial charge in [0.05, 0.1) is 30.6 Å². The number of alkyl halides is 1. The third-order valence-electron chi connectivity index (χ3n) is 10.3. The number of likely N-dealkylation sites (tertiary alicyclic amines) is 1. The normalized spacial score (nSPS) is 25.4. The molecule has 0 radical (unpaired) electrons. The maximum absolute atomic E-state index is 14.9. The molecule has 0 aromatic heterocycles. The molecule has 5 rings (SSSR count). The topological polar surface area (TPSA) is 135 Å². The minimum absolute atomic E-state index is 0.0507. The molecule has 3 fully saturated rings. The molecule has 8 atom stereocenters. The molecular formula is C40H49BrClN3O8. The first-order valence-corrected chi connectivity index (χ1v) is 19.5. The van der Waals surface area contributed by atoms with Gasteiger partial charge in [0, 0.05) is 48.8 Å². The average molecular weight is 815 g/mol. The number of hydrogen-bond acceptors (Lipinski definition) is 8. The summed E-state index contributed by atoms with van der Waals surface area (Å²) in [6, 6.07) is 14.2. The maximum atomic E-state index is 14.9. The van der Waals surface area contributed by atoms with E-state index in [4.69, 9.17) is 25.8 Å². The molecule has 1 unspecified atom stereocenters. The van der Waals surface area contributed by atoms with Crippen LogP contribution in [0.4, 0.5) is 5.69 Å². The lowest BCUT2D eigenvalue weighted by Gasteiger charge is -2.37. The van der Waals surface area contributed by atoms with E-state index in [1.165, 1.54) is 7.11 Å². The number of aliphatic hydroxyl groups is 1. The summed E-state index contributed by atoms with van der Waals surface area (Å²) in [6.45, 7) is 8.13. The number of unbranched alkanes of at least 4 members (excludes halogenated alkanes) is 3. The fourth-order valence-corrected chi connectivity index (χ4v) is 9.08. The molecular weight excluding hydrogens is 766 g/mol. The van der Waals surface area contributed by atoms with Gasteiger partial charge in [0.25, 0.3) is 5.91 Å². The molecule has 3 amide bonds. The fraction of sp³-hybridized carbons (Fsp3) is 0.500. The number of hydrogen-bond donors (Lipinski definition) is 2. The van der Waals surface area contributed by atoms with E-state index in [2.05, 4.69) is 34.4 Å². The second-order valence-corrected chi connectivity index (χ2v) is 15.4. The number of fused-ring (bicyclic) bond motifs is 1. The molecule has 3 aliphatic heterocycles. The van der Waals surface area contributed by atoms with E-state index >= 15 is 0 Å². The van der Waals surface area contributed by atoms with Gasteiger partial charge in [-0.05, 0) is 55.5 Å². The van der Waals surface area contributed by atoms with Gasteiger partial charge < -0.3 is 34.4 Å². The largest absolute Gasteiger partial charge is 0.455 e. The smallest absolute Gasteiger partial charge is 0.313 e. The van der Waals surface area contributed by atoms with Crippen molar-refractivity contribution >= 4 is 56.9 Å². The Morgan fingerprint density at radius 3 is 2.49 bits per heavy atom. The minimum Gasteiger partial charge on any atom is -0.455 e. The monoisotopic (exact) mass is 813 g/mol. The second kappa shape index (κ2) is 18.7. The summed E-state index contributed by atoms with van der Waals surface area (Å²) < 4.78 is 18.6. The van der Waals surface area contributed by atoms with Crippen molar-refractivity contribution in [1.29, 1.82) is 0 Å². The predicted octanol–water partition coefficient (Wildman–Crippen LogP) is 5.54. The molecule has 3 heterocycles. The van der Waals surface area contributed by atoms with Crippen molar-refractivity contribution in [3.8, 4) is 0 Å². The van der Waals surface area contributed by atoms with Crippen LogP contribution in [0.15, 0.2) is 79.9 Å². The number of carbonyl (C=O) groups excluding carboxylic acids is 4. The van der Waals surface area contributed by atoms with Crippen molar-refractivity contribution in [1.82, 2.24) is 10.2 Å². The number of carbonyl (C=O) groups is 4. The van der Waals surface area contributed by atoms with Crippen LogP contribution in [-0.2, 0) is 33.4 Å². The zero-order valence-corrected chi connectivity index (χ0v) is 32.4. The summed E-state index contributed by atoms with van der Waals surface area (Å²) in [5.74, 6) is -3.63. The third kappa shape index (κ3) is 8.73. The predicted molar refractivity (Wildman–Crippen MR) is 205 cm³/mol. The number of halogens is 2. The lowest BCUT2D eigenvalue weighted by atomic mass is 9.70. The average Bonchev–Trinajstić information content (AvgIpc) is 3.75. The van der Waals surface area contributed by atoms with Crippen LogP contribution in [0, 0.1) is 11.8 Å². The molecule has 2 aromatic rings. The summed E-state index contributed by atoms with van der Waals surface area (Å²) in [4.78, 5) is 59.9. The van der Waals surface area contributed by atoms with Crippen LogP contribution in [0.3, 0.4) is 0 Å². The number of esters is 1. The van der Waals surface area contributed by atoms with E-state index < -0.39 is 47.7 Å². The van der Waals surface area contributed by atoms with Crippen molar-refractivity contribution in [2.45, 2.75) is 79.7 Å². The van der Waals surface area contributed by atoms with Gasteiger partial charge in [0.1, 0.15) is 17.7 Å². The zero-order valence-electron chi connectivity index (χ0n) is 30.0. The highest BCUT2D eigenvalue weighted by Gasteiger charge is 2.77. The molecule has 286 valence electrons. The van der Waals surface area contributed by atoms with E-state index in [9.17, 15) is 24.3 Å². The highest BCUT2D eigenvalue weighted by Crippen LogP contribution is 2.60. The van der Waals surface area contributed by atoms with Crippen molar-refractivity contribution in [2.24, 2.45) is 11.8 Å². The lowest BCUT2D eigenvalue weighted by Crippen LogP contribution is -2.57. The van der Waals surface area contributed by atoms with E-state index in [0.717, 1.165) is 12.8 Å². The van der Waals surface area contributed by atoms with Crippen LogP contribution in [0.25, 0.3) is 0 Å². The second-order valence-electron chi connectivity index (χ2n) is 13.8. The lowest BCUT2D eigenvalue weighted by molar-refractivity contribution is -0.163. The molecule has 3 aliphatic rings. The number of methoxy groups -OCH3 is 1. The van der Waals surface area contributed by atoms with Gasteiger partial charge in [-0.25, -0.2) is 0 Å². The van der Waals surface area contributed by atoms with Gasteiger partial charge in [-0.3, -0.25) is 19.2 Å². The van der Waals surface area contributed by atoms with Crippen molar-refractivity contribution in [3.63, 3.8) is 0 Å². The molecule has 0 saturated carbocycles. The molecule has 2 bridgehead atoms. The Morgan fingerprint density at radius 1 is 1.11 bits per heavy atom. The van der Waals surface area contributed by atoms with Gasteiger partial charge in [-0.1, -0.05) is 82.9 Å². The van der Waals surface area contributed by atoms with Gasteiger partial charge >= 0.3 is 5.97 Å². The molecule has 11 nitrogen and oxygen atoms in total. The van der Waals surface area contributed by atoms with Crippen LogP contribution >= 0.6 is 27.5 Å². The number of amides is 3. The van der Waals surface area contributed by atoms with Crippen molar-refractivity contribution < 1.29 is 38.5 Å². The Hall–Kier alpha value is -3.55. The summed E-state index contributed by atoms with van der Waals surface area (Å²) in [7, 11) is 1.50. The quantitative estimate of drug-likeness (QED) is 0.0771. The molecule has 0 aliphatic carbocycles. The number of allylic oxidation sites excluding steroid dienone is 1. The van der Waals surface area contributed by atoms with E-state index in [0.29, 0.717) is 42.0 Å². The minimum atomic E-state index is -1.32. The number of rotatable bonds is 20. The molecule has 3 saturated heterocycles. The Labute approximate surface area is 324 Å². The molecule has 2 aromatic carbocycles. The molecule has 13 heteroatoms. The fourth-order valence-electron chi connectivity index (χ4n) is 8.01. The first kappa shape index (κ1) is 40.6. The van der Waals surface area contributed by atoms with Crippen molar-refractivity contribution in [3.05, 3.63) is 90.5 Å². The Morgan fingerprint density at radius 2 is 1.83 bits per heavy atom. The van der Waals surface area contributed by atoms with Gasteiger partial charge in [0.2, 0.25) is 11.8 Å². The van der Waals surface area contributed by atoms with Crippen LogP contribution in [0.1, 0.15) is 56.6 Å². The Balaban J connectivity index is 1.51. The van der Waals surface area contributed by atoms with Gasteiger partial charge in [-0.2, -0.15) is 0 Å². The van der Waals surface area contributed by atoms with Crippen molar-refractivity contribution in [2.75, 3.05) is 38.3 Å². The molecule has 2 N–H and O–H groups in total. The SMILES string of the molecule is C=CCCC(=O)N[C@@H](COC)[C@@H](OC(=O)[C@@H]1[C@H]2O[C@@]3(CC2Br)[C@H](C(=O)N(CC=C)c2ccc(Cl)cc2)N(CCCCCCO)C(=O)[C@@H]13)c1ccccc1. The van der Waals surface area contributed by atoms with Gasteiger partial charge in [0.15, 0.2) is 0 Å². The van der Waals surface area contributed by atoms with E-state index in [-0.39, 0.29) is 55.3 Å². The number of benzene rings is 2. The van der Waals surface area contributed by atoms with Gasteiger partial charge in [-0.15, -0.1) is 13.2 Å². The van der Waals surface area contributed by atoms with Crippen LogP contribution < -0.4 is 10.2 Å². The first-order chi connectivity index (χ1) is 25.6. The highest BCUT2D eigenvalue weighted by atomic mass is 79.9. The van der Waals surface area contributed by atoms with Crippen LogP contribution in [0.2, 0.25) is 5.02 Å². The third-order valence-corrected chi connectivity index (χ3v) is 11.4. The summed E-state index contributed by atoms with van der Waals surface area (Å²) in [6.07, 6.45) is 5.31. The number of aliphatic hydroxyl groups excluding tert-OH is 1. The summed E-state index contributed by atoms with van der Waals surface area (Å²) in [5.41, 5.74) is -0.0985. The number of anilines is 1. The first-order valence-electron chi connectivity index (χ1n) is 18.2. The summed E-state index contributed by atoms with van der Waals surface area (Å²) >= 11 is 9.93. The number of nitrogens with zero attached hydrogens (tertiary/aromatic N) is 2. The van der Waals surface area contributed by atoms with E-state index in [1.807, 2.05) is 30.3 Å². The van der Waals surface area contributed by atoms with Crippen LogP contribution in [0.5, 0.6) is 0 Å². The maximum Gasteiger partial charge on any atom is 0.313 e. The summed E-state index contributed by atoms with van der Waals surface area (Å²) in [5, 5.41) is 12.8. The highest BCUT2D eigenvalue weighted by molar-refractivity contribution is 9.09. The van der Waals surface area contributed by atoms with Crippen LogP contribution in [-0.4, -0.2) is 95.7 Å². The zero-order chi connectivity index (χ0) is 38.1. The molecule has 1 spiro atoms. The number of nitrogens with one attached hydrogen (secondary N) is 1. The van der Waals surface area contributed by atoms with E-state index in [1.54, 1.807) is 46.2 Å². The Bertz CT molecular complexity index is 1610.